The van der Waals surface area contributed by atoms with Crippen molar-refractivity contribution < 1.29 is 5.11 Å². The molecule has 0 bridgehead atoms. The second-order valence-electron chi connectivity index (χ2n) is 4.64. The number of rotatable bonds is 4. The van der Waals surface area contributed by atoms with Gasteiger partial charge in [0.1, 0.15) is 0 Å². The van der Waals surface area contributed by atoms with E-state index < -0.39 is 6.10 Å². The number of aryl methyl sites for hydroxylation is 1. The Hall–Kier alpha value is -1.64. The fourth-order valence-corrected chi connectivity index (χ4v) is 2.15. The minimum Gasteiger partial charge on any atom is -0.391 e. The average molecular weight is 241 g/mol. The zero-order valence-electron chi connectivity index (χ0n) is 10.6. The van der Waals surface area contributed by atoms with Crippen molar-refractivity contribution in [1.29, 1.82) is 0 Å². The van der Waals surface area contributed by atoms with E-state index in [2.05, 4.69) is 0 Å². The normalized spacial score (nSPS) is 14.2. The first-order valence-electron chi connectivity index (χ1n) is 6.21. The van der Waals surface area contributed by atoms with Gasteiger partial charge in [0.05, 0.1) is 12.1 Å². The third kappa shape index (κ3) is 2.97. The highest BCUT2D eigenvalue weighted by Crippen LogP contribution is 2.20. The molecule has 2 aromatic rings. The van der Waals surface area contributed by atoms with Crippen LogP contribution in [0, 0.1) is 6.92 Å². The second kappa shape index (κ2) is 5.80. The molecule has 0 saturated carbocycles. The van der Waals surface area contributed by atoms with Crippen LogP contribution in [0.15, 0.2) is 54.6 Å². The molecular weight excluding hydrogens is 222 g/mol. The topological polar surface area (TPSA) is 46.2 Å². The molecule has 0 heterocycles. The van der Waals surface area contributed by atoms with E-state index in [0.29, 0.717) is 6.42 Å². The molecule has 3 N–H and O–H groups in total. The van der Waals surface area contributed by atoms with Gasteiger partial charge in [0.2, 0.25) is 0 Å². The molecule has 18 heavy (non-hydrogen) atoms. The van der Waals surface area contributed by atoms with E-state index in [1.807, 2.05) is 61.5 Å². The lowest BCUT2D eigenvalue weighted by Gasteiger charge is -2.21. The van der Waals surface area contributed by atoms with Crippen LogP contribution >= 0.6 is 0 Å². The molecule has 0 unspecified atom stereocenters. The van der Waals surface area contributed by atoms with Gasteiger partial charge in [0.25, 0.3) is 0 Å². The monoisotopic (exact) mass is 241 g/mol. The maximum atomic E-state index is 10.2. The minimum absolute atomic E-state index is 0.341. The lowest BCUT2D eigenvalue weighted by molar-refractivity contribution is 0.145. The van der Waals surface area contributed by atoms with Crippen molar-refractivity contribution in [3.05, 3.63) is 71.3 Å². The van der Waals surface area contributed by atoms with E-state index in [4.69, 9.17) is 5.73 Å². The van der Waals surface area contributed by atoms with Gasteiger partial charge in [0, 0.05) is 6.42 Å². The number of hydrogen-bond donors (Lipinski definition) is 2. The highest BCUT2D eigenvalue weighted by Gasteiger charge is 2.18. The standard InChI is InChI=1S/C16H19NO/c1-12-7-5-6-10-14(12)16(17)15(18)11-13-8-3-2-4-9-13/h2-10,15-16,18H,11,17H2,1H3/t15-,16+/m1/s1. The molecule has 0 saturated heterocycles. The van der Waals surface area contributed by atoms with Crippen LogP contribution in [-0.4, -0.2) is 11.2 Å². The van der Waals surface area contributed by atoms with Crippen LogP contribution in [0.25, 0.3) is 0 Å². The summed E-state index contributed by atoms with van der Waals surface area (Å²) in [5.74, 6) is 0. The first-order chi connectivity index (χ1) is 8.68. The van der Waals surface area contributed by atoms with Crippen molar-refractivity contribution in [3.8, 4) is 0 Å². The van der Waals surface area contributed by atoms with Crippen molar-refractivity contribution >= 4 is 0 Å². The summed E-state index contributed by atoms with van der Waals surface area (Å²) in [5, 5.41) is 10.2. The van der Waals surface area contributed by atoms with Gasteiger partial charge in [-0.25, -0.2) is 0 Å². The van der Waals surface area contributed by atoms with Crippen LogP contribution in [0.4, 0.5) is 0 Å². The molecule has 0 aliphatic rings. The van der Waals surface area contributed by atoms with Crippen molar-refractivity contribution in [2.45, 2.75) is 25.5 Å². The summed E-state index contributed by atoms with van der Waals surface area (Å²) in [6.45, 7) is 2.02. The van der Waals surface area contributed by atoms with E-state index in [0.717, 1.165) is 16.7 Å². The number of nitrogens with two attached hydrogens (primary N) is 1. The fourth-order valence-electron chi connectivity index (χ4n) is 2.15. The van der Waals surface area contributed by atoms with Gasteiger partial charge in [-0.3, -0.25) is 0 Å². The Kier molecular flexibility index (Phi) is 4.13. The molecule has 0 amide bonds. The van der Waals surface area contributed by atoms with Crippen LogP contribution < -0.4 is 5.73 Å². The van der Waals surface area contributed by atoms with Crippen LogP contribution in [0.2, 0.25) is 0 Å². The van der Waals surface area contributed by atoms with Gasteiger partial charge in [-0.05, 0) is 23.6 Å². The lowest BCUT2D eigenvalue weighted by Crippen LogP contribution is -2.28. The van der Waals surface area contributed by atoms with Crippen molar-refractivity contribution in [1.82, 2.24) is 0 Å². The van der Waals surface area contributed by atoms with Crippen molar-refractivity contribution in [3.63, 3.8) is 0 Å². The van der Waals surface area contributed by atoms with Crippen LogP contribution in [0.5, 0.6) is 0 Å². The Morgan fingerprint density at radius 1 is 1.00 bits per heavy atom. The number of aliphatic hydroxyl groups is 1. The summed E-state index contributed by atoms with van der Waals surface area (Å²) >= 11 is 0. The second-order valence-corrected chi connectivity index (χ2v) is 4.64. The van der Waals surface area contributed by atoms with Gasteiger partial charge < -0.3 is 10.8 Å². The van der Waals surface area contributed by atoms with Crippen LogP contribution in [0.1, 0.15) is 22.7 Å². The van der Waals surface area contributed by atoms with Gasteiger partial charge >= 0.3 is 0 Å². The highest BCUT2D eigenvalue weighted by molar-refractivity contribution is 5.29. The van der Waals surface area contributed by atoms with Gasteiger partial charge in [-0.1, -0.05) is 54.6 Å². The van der Waals surface area contributed by atoms with Crippen LogP contribution in [-0.2, 0) is 6.42 Å². The number of benzene rings is 2. The average Bonchev–Trinajstić information content (AvgIpc) is 2.39. The van der Waals surface area contributed by atoms with E-state index in [1.54, 1.807) is 0 Å². The van der Waals surface area contributed by atoms with E-state index in [9.17, 15) is 5.11 Å². The number of hydrogen-bond acceptors (Lipinski definition) is 2. The molecule has 0 aliphatic carbocycles. The maximum Gasteiger partial charge on any atom is 0.0773 e. The van der Waals surface area contributed by atoms with Gasteiger partial charge in [-0.15, -0.1) is 0 Å². The van der Waals surface area contributed by atoms with Crippen LogP contribution in [0.3, 0.4) is 0 Å². The summed E-state index contributed by atoms with van der Waals surface area (Å²) in [4.78, 5) is 0. The van der Waals surface area contributed by atoms with Gasteiger partial charge in [-0.2, -0.15) is 0 Å². The molecule has 94 valence electrons. The van der Waals surface area contributed by atoms with Gasteiger partial charge in [0.15, 0.2) is 0 Å². The molecule has 2 nitrogen and oxygen atoms in total. The maximum absolute atomic E-state index is 10.2. The molecule has 2 atom stereocenters. The minimum atomic E-state index is -0.562. The van der Waals surface area contributed by atoms with Crippen molar-refractivity contribution in [2.75, 3.05) is 0 Å². The first kappa shape index (κ1) is 12.8. The van der Waals surface area contributed by atoms with E-state index in [-0.39, 0.29) is 6.04 Å². The molecule has 0 fully saturated rings. The fraction of sp³-hybridized carbons (Fsp3) is 0.250. The zero-order valence-corrected chi connectivity index (χ0v) is 10.6. The molecule has 0 aliphatic heterocycles. The summed E-state index contributed by atoms with van der Waals surface area (Å²) < 4.78 is 0. The summed E-state index contributed by atoms with van der Waals surface area (Å²) in [7, 11) is 0. The summed E-state index contributed by atoms with van der Waals surface area (Å²) in [6, 6.07) is 17.5. The van der Waals surface area contributed by atoms with Crippen molar-refractivity contribution in [2.24, 2.45) is 5.73 Å². The lowest BCUT2D eigenvalue weighted by atomic mass is 9.94. The molecule has 2 heteroatoms. The SMILES string of the molecule is Cc1ccccc1[C@H](N)[C@H](O)Cc1ccccc1. The molecule has 2 rings (SSSR count). The molecule has 0 spiro atoms. The van der Waals surface area contributed by atoms with E-state index in [1.165, 1.54) is 0 Å². The quantitative estimate of drug-likeness (QED) is 0.864. The Morgan fingerprint density at radius 3 is 2.28 bits per heavy atom. The Balaban J connectivity index is 2.10. The Labute approximate surface area is 108 Å². The largest absolute Gasteiger partial charge is 0.391 e. The third-order valence-electron chi connectivity index (χ3n) is 3.25. The predicted molar refractivity (Wildman–Crippen MR) is 74.3 cm³/mol. The summed E-state index contributed by atoms with van der Waals surface area (Å²) in [6.07, 6.45) is 0.0181. The molecule has 0 radical (unpaired) electrons. The zero-order chi connectivity index (χ0) is 13.0. The number of aliphatic hydroxyl groups excluding tert-OH is 1. The molecule has 2 aromatic carbocycles. The smallest absolute Gasteiger partial charge is 0.0773 e. The Bertz CT molecular complexity index is 495. The molecule has 0 aromatic heterocycles. The van der Waals surface area contributed by atoms with E-state index >= 15 is 0 Å². The predicted octanol–water partition coefficient (Wildman–Crippen LogP) is 2.60. The third-order valence-corrected chi connectivity index (χ3v) is 3.25. The molecular formula is C16H19NO. The highest BCUT2D eigenvalue weighted by atomic mass is 16.3. The summed E-state index contributed by atoms with van der Waals surface area (Å²) in [5.41, 5.74) is 9.38. The first-order valence-corrected chi connectivity index (χ1v) is 6.21. The Morgan fingerprint density at radius 2 is 1.61 bits per heavy atom.